The molecule has 1 atom stereocenters. The summed E-state index contributed by atoms with van der Waals surface area (Å²) in [5.74, 6) is -0.451. The molecule has 2 heterocycles. The largest absolute Gasteiger partial charge is 0.334 e. The standard InChI is InChI=1S/C27H22F2N4O2/c1-15-7-10-18(11-8-15)24-23(26-31-25(32-35-26)19-5-4-6-20(28)13-19)17(3)33(27(34)30-24)21-12-9-16(2)22(29)14-21/h4-14,24H,1-3H3,(H,30,34). The molecule has 3 aromatic carbocycles. The van der Waals surface area contributed by atoms with Crippen LogP contribution in [-0.2, 0) is 0 Å². The third-order valence-electron chi connectivity index (χ3n) is 6.05. The molecule has 0 spiro atoms. The first-order valence-corrected chi connectivity index (χ1v) is 11.1. The van der Waals surface area contributed by atoms with E-state index in [1.165, 1.54) is 23.1 Å². The lowest BCUT2D eigenvalue weighted by Gasteiger charge is -2.35. The van der Waals surface area contributed by atoms with Crippen molar-refractivity contribution in [1.29, 1.82) is 0 Å². The van der Waals surface area contributed by atoms with Crippen LogP contribution >= 0.6 is 0 Å². The molecule has 0 saturated carbocycles. The fourth-order valence-electron chi connectivity index (χ4n) is 4.14. The van der Waals surface area contributed by atoms with Gasteiger partial charge in [0.05, 0.1) is 17.3 Å². The number of carbonyl (C=O) groups excluding carboxylic acids is 1. The van der Waals surface area contributed by atoms with Gasteiger partial charge in [0.1, 0.15) is 11.6 Å². The van der Waals surface area contributed by atoms with Crippen molar-refractivity contribution < 1.29 is 18.1 Å². The summed E-state index contributed by atoms with van der Waals surface area (Å²) in [6.45, 7) is 5.38. The van der Waals surface area contributed by atoms with Gasteiger partial charge in [-0.2, -0.15) is 4.98 Å². The molecule has 35 heavy (non-hydrogen) atoms. The van der Waals surface area contributed by atoms with Crippen LogP contribution < -0.4 is 10.2 Å². The molecule has 176 valence electrons. The van der Waals surface area contributed by atoms with E-state index >= 15 is 0 Å². The minimum absolute atomic E-state index is 0.171. The molecule has 5 rings (SSSR count). The van der Waals surface area contributed by atoms with E-state index in [-0.39, 0.29) is 11.7 Å². The average molecular weight is 472 g/mol. The van der Waals surface area contributed by atoms with Crippen LogP contribution in [0.15, 0.2) is 77.0 Å². The van der Waals surface area contributed by atoms with E-state index < -0.39 is 23.7 Å². The molecule has 0 bridgehead atoms. The van der Waals surface area contributed by atoms with Crippen LogP contribution in [0.1, 0.15) is 35.5 Å². The maximum Gasteiger partial charge on any atom is 0.327 e. The number of hydrogen-bond donors (Lipinski definition) is 1. The Labute approximate surface area is 200 Å². The number of amides is 2. The number of aryl methyl sites for hydroxylation is 2. The minimum atomic E-state index is -0.588. The molecule has 2 amide bonds. The number of benzene rings is 3. The minimum Gasteiger partial charge on any atom is -0.334 e. The molecule has 1 unspecified atom stereocenters. The monoisotopic (exact) mass is 472 g/mol. The zero-order chi connectivity index (χ0) is 24.7. The van der Waals surface area contributed by atoms with Gasteiger partial charge in [-0.25, -0.2) is 13.6 Å². The second-order valence-electron chi connectivity index (χ2n) is 8.49. The lowest BCUT2D eigenvalue weighted by molar-refractivity contribution is 0.244. The van der Waals surface area contributed by atoms with Crippen molar-refractivity contribution in [2.45, 2.75) is 26.8 Å². The number of rotatable bonds is 4. The summed E-state index contributed by atoms with van der Waals surface area (Å²) < 4.78 is 33.7. The maximum atomic E-state index is 14.4. The van der Waals surface area contributed by atoms with Crippen molar-refractivity contribution in [3.05, 3.63) is 107 Å². The van der Waals surface area contributed by atoms with E-state index in [1.54, 1.807) is 38.1 Å². The average Bonchev–Trinajstić information content (AvgIpc) is 3.31. The van der Waals surface area contributed by atoms with Crippen LogP contribution in [0.2, 0.25) is 0 Å². The normalized spacial score (nSPS) is 16.0. The van der Waals surface area contributed by atoms with E-state index in [1.807, 2.05) is 31.2 Å². The molecule has 0 saturated heterocycles. The maximum absolute atomic E-state index is 14.4. The second kappa shape index (κ2) is 8.79. The van der Waals surface area contributed by atoms with Gasteiger partial charge in [0, 0.05) is 11.3 Å². The Balaban J connectivity index is 1.66. The zero-order valence-corrected chi connectivity index (χ0v) is 19.3. The summed E-state index contributed by atoms with van der Waals surface area (Å²) in [5.41, 5.74) is 4.26. The third-order valence-corrected chi connectivity index (χ3v) is 6.05. The van der Waals surface area contributed by atoms with Crippen molar-refractivity contribution >= 4 is 17.3 Å². The highest BCUT2D eigenvalue weighted by Crippen LogP contribution is 2.39. The molecule has 8 heteroatoms. The first kappa shape index (κ1) is 22.5. The van der Waals surface area contributed by atoms with Crippen molar-refractivity contribution in [2.24, 2.45) is 0 Å². The van der Waals surface area contributed by atoms with Gasteiger partial charge in [-0.1, -0.05) is 53.2 Å². The van der Waals surface area contributed by atoms with Crippen LogP contribution in [0, 0.1) is 25.5 Å². The quantitative estimate of drug-likeness (QED) is 0.377. The number of halogens is 2. The summed E-state index contributed by atoms with van der Waals surface area (Å²) in [7, 11) is 0. The number of nitrogens with one attached hydrogen (secondary N) is 1. The lowest BCUT2D eigenvalue weighted by atomic mass is 9.94. The number of hydrogen-bond acceptors (Lipinski definition) is 4. The first-order chi connectivity index (χ1) is 16.8. The van der Waals surface area contributed by atoms with Crippen LogP contribution in [0.5, 0.6) is 0 Å². The van der Waals surface area contributed by atoms with E-state index in [2.05, 4.69) is 15.5 Å². The summed E-state index contributed by atoms with van der Waals surface area (Å²) in [4.78, 5) is 19.1. The van der Waals surface area contributed by atoms with Crippen molar-refractivity contribution in [3.63, 3.8) is 0 Å². The first-order valence-electron chi connectivity index (χ1n) is 11.1. The second-order valence-corrected chi connectivity index (χ2v) is 8.49. The van der Waals surface area contributed by atoms with E-state index in [9.17, 15) is 13.6 Å². The summed E-state index contributed by atoms with van der Waals surface area (Å²) in [5, 5.41) is 7.03. The molecular weight excluding hydrogens is 450 g/mol. The Hall–Kier alpha value is -4.33. The summed E-state index contributed by atoms with van der Waals surface area (Å²) in [6, 6.07) is 17.2. The number of allylic oxidation sites excluding steroid dienone is 1. The molecular formula is C27H22F2N4O2. The number of carbonyl (C=O) groups is 1. The Kier molecular flexibility index (Phi) is 5.64. The molecule has 1 aliphatic rings. The number of aromatic nitrogens is 2. The van der Waals surface area contributed by atoms with Gasteiger partial charge in [-0.3, -0.25) is 4.90 Å². The van der Waals surface area contributed by atoms with E-state index in [0.29, 0.717) is 28.1 Å². The van der Waals surface area contributed by atoms with Gasteiger partial charge in [0.25, 0.3) is 5.89 Å². The molecule has 0 radical (unpaired) electrons. The number of urea groups is 1. The molecule has 6 nitrogen and oxygen atoms in total. The molecule has 4 aromatic rings. The van der Waals surface area contributed by atoms with Crippen molar-refractivity contribution in [3.8, 4) is 11.4 Å². The van der Waals surface area contributed by atoms with Crippen molar-refractivity contribution in [1.82, 2.24) is 15.5 Å². The highest BCUT2D eigenvalue weighted by Gasteiger charge is 2.36. The van der Waals surface area contributed by atoms with Crippen LogP contribution in [0.25, 0.3) is 17.0 Å². The van der Waals surface area contributed by atoms with Crippen LogP contribution in [-0.4, -0.2) is 16.2 Å². The van der Waals surface area contributed by atoms with Gasteiger partial charge in [-0.15, -0.1) is 0 Å². The van der Waals surface area contributed by atoms with Gasteiger partial charge in [0.2, 0.25) is 5.82 Å². The fraction of sp³-hybridized carbons (Fsp3) is 0.148. The molecule has 1 aromatic heterocycles. The zero-order valence-electron chi connectivity index (χ0n) is 19.3. The fourth-order valence-corrected chi connectivity index (χ4v) is 4.14. The summed E-state index contributed by atoms with van der Waals surface area (Å²) in [6.07, 6.45) is 0. The van der Waals surface area contributed by atoms with E-state index in [0.717, 1.165) is 11.1 Å². The smallest absolute Gasteiger partial charge is 0.327 e. The predicted octanol–water partition coefficient (Wildman–Crippen LogP) is 6.33. The number of nitrogens with zero attached hydrogens (tertiary/aromatic N) is 3. The van der Waals surface area contributed by atoms with Crippen LogP contribution in [0.4, 0.5) is 19.3 Å². The molecule has 0 fully saturated rings. The van der Waals surface area contributed by atoms with Gasteiger partial charge in [-0.05, 0) is 56.2 Å². The lowest BCUT2D eigenvalue weighted by Crippen LogP contribution is -2.46. The van der Waals surface area contributed by atoms with E-state index in [4.69, 9.17) is 4.52 Å². The molecule has 1 N–H and O–H groups in total. The SMILES string of the molecule is CC1=C(c2nc(-c3cccc(F)c3)no2)C(c2ccc(C)cc2)NC(=O)N1c1ccc(C)c(F)c1. The van der Waals surface area contributed by atoms with Crippen LogP contribution in [0.3, 0.4) is 0 Å². The topological polar surface area (TPSA) is 71.3 Å². The Morgan fingerprint density at radius 3 is 2.46 bits per heavy atom. The molecule has 1 aliphatic heterocycles. The van der Waals surface area contributed by atoms with Gasteiger partial charge in [0.15, 0.2) is 0 Å². The van der Waals surface area contributed by atoms with Crippen molar-refractivity contribution in [2.75, 3.05) is 4.90 Å². The Bertz CT molecular complexity index is 1460. The highest BCUT2D eigenvalue weighted by atomic mass is 19.1. The highest BCUT2D eigenvalue weighted by molar-refractivity contribution is 6.01. The van der Waals surface area contributed by atoms with Gasteiger partial charge >= 0.3 is 6.03 Å². The van der Waals surface area contributed by atoms with Gasteiger partial charge < -0.3 is 9.84 Å². The number of anilines is 1. The third kappa shape index (κ3) is 4.19. The molecule has 0 aliphatic carbocycles. The summed E-state index contributed by atoms with van der Waals surface area (Å²) >= 11 is 0. The Morgan fingerprint density at radius 2 is 1.74 bits per heavy atom. The Morgan fingerprint density at radius 1 is 0.971 bits per heavy atom. The predicted molar refractivity (Wildman–Crippen MR) is 128 cm³/mol.